The van der Waals surface area contributed by atoms with Crippen LogP contribution in [0.2, 0.25) is 0 Å². The maximum atomic E-state index is 5.02. The number of fused-ring (bicyclic) bond motifs is 3. The highest BCUT2D eigenvalue weighted by Gasteiger charge is 2.14. The first kappa shape index (κ1) is 29.0. The lowest BCUT2D eigenvalue weighted by Gasteiger charge is -2.10. The van der Waals surface area contributed by atoms with E-state index >= 15 is 0 Å². The van der Waals surface area contributed by atoms with E-state index in [-0.39, 0.29) is 0 Å². The molecule has 3 nitrogen and oxygen atoms in total. The van der Waals surface area contributed by atoms with Crippen LogP contribution in [0.3, 0.4) is 0 Å². The van der Waals surface area contributed by atoms with Crippen molar-refractivity contribution in [3.8, 4) is 67.5 Å². The second-order valence-corrected chi connectivity index (χ2v) is 13.2. The van der Waals surface area contributed by atoms with Crippen LogP contribution in [0.1, 0.15) is 0 Å². The number of aromatic nitrogens is 3. The minimum Gasteiger partial charge on any atom is -0.208 e. The van der Waals surface area contributed by atoms with Crippen LogP contribution >= 0.6 is 11.3 Å². The van der Waals surface area contributed by atoms with Gasteiger partial charge in [-0.2, -0.15) is 0 Å². The fourth-order valence-electron chi connectivity index (χ4n) is 6.37. The zero-order valence-electron chi connectivity index (χ0n) is 26.5. The average molecular weight is 644 g/mol. The Hall–Kier alpha value is -6.23. The summed E-state index contributed by atoms with van der Waals surface area (Å²) in [6.07, 6.45) is 0. The van der Waals surface area contributed by atoms with E-state index in [0.717, 1.165) is 33.4 Å². The second kappa shape index (κ2) is 12.4. The molecular weight excluding hydrogens is 615 g/mol. The summed E-state index contributed by atoms with van der Waals surface area (Å²) >= 11 is 1.84. The summed E-state index contributed by atoms with van der Waals surface area (Å²) < 4.78 is 2.62. The normalized spacial score (nSPS) is 11.3. The Kier molecular flexibility index (Phi) is 7.34. The molecule has 0 atom stereocenters. The molecule has 0 N–H and O–H groups in total. The van der Waals surface area contributed by atoms with Gasteiger partial charge in [0, 0.05) is 36.9 Å². The number of nitrogens with zero attached hydrogens (tertiary/aromatic N) is 3. The van der Waals surface area contributed by atoms with Gasteiger partial charge in [-0.25, -0.2) is 15.0 Å². The Labute approximate surface area is 288 Å². The molecule has 0 saturated carbocycles. The third kappa shape index (κ3) is 5.69. The molecule has 0 aliphatic heterocycles. The summed E-state index contributed by atoms with van der Waals surface area (Å²) in [7, 11) is 0. The lowest BCUT2D eigenvalue weighted by Crippen LogP contribution is -2.00. The van der Waals surface area contributed by atoms with Gasteiger partial charge in [0.05, 0.1) is 0 Å². The first-order chi connectivity index (χ1) is 24.2. The Balaban J connectivity index is 1.10. The van der Waals surface area contributed by atoms with Crippen LogP contribution in [0, 0.1) is 0 Å². The third-order valence-corrected chi connectivity index (χ3v) is 10.1. The lowest BCUT2D eigenvalue weighted by molar-refractivity contribution is 1.07. The fourth-order valence-corrected chi connectivity index (χ4v) is 7.45. The van der Waals surface area contributed by atoms with Crippen LogP contribution < -0.4 is 0 Å². The molecule has 0 aliphatic carbocycles. The van der Waals surface area contributed by atoms with Crippen LogP contribution in [-0.4, -0.2) is 15.0 Å². The number of benzene rings is 7. The van der Waals surface area contributed by atoms with Gasteiger partial charge in [0.15, 0.2) is 17.5 Å². The van der Waals surface area contributed by atoms with Gasteiger partial charge in [0.25, 0.3) is 0 Å². The summed E-state index contributed by atoms with van der Waals surface area (Å²) in [5, 5.41) is 2.60. The van der Waals surface area contributed by atoms with Gasteiger partial charge < -0.3 is 0 Å². The van der Waals surface area contributed by atoms with Gasteiger partial charge >= 0.3 is 0 Å². The van der Waals surface area contributed by atoms with E-state index in [1.807, 2.05) is 23.5 Å². The predicted octanol–water partition coefficient (Wildman–Crippen LogP) is 12.2. The van der Waals surface area contributed by atoms with Gasteiger partial charge in [0.2, 0.25) is 0 Å². The van der Waals surface area contributed by atoms with Gasteiger partial charge in [-0.1, -0.05) is 158 Å². The van der Waals surface area contributed by atoms with Crippen molar-refractivity contribution in [3.63, 3.8) is 0 Å². The molecule has 4 heteroatoms. The van der Waals surface area contributed by atoms with Crippen molar-refractivity contribution in [1.82, 2.24) is 15.0 Å². The number of hydrogen-bond donors (Lipinski definition) is 0. The molecule has 2 aromatic heterocycles. The zero-order chi connectivity index (χ0) is 32.6. The monoisotopic (exact) mass is 643 g/mol. The molecule has 0 bridgehead atoms. The van der Waals surface area contributed by atoms with E-state index in [2.05, 4.69) is 164 Å². The number of rotatable bonds is 6. The molecule has 0 aliphatic rings. The van der Waals surface area contributed by atoms with Gasteiger partial charge in [0.1, 0.15) is 0 Å². The maximum absolute atomic E-state index is 5.02. The third-order valence-electron chi connectivity index (χ3n) is 8.99. The largest absolute Gasteiger partial charge is 0.208 e. The molecule has 0 radical (unpaired) electrons. The summed E-state index contributed by atoms with van der Waals surface area (Å²) in [5.74, 6) is 1.93. The van der Waals surface area contributed by atoms with Crippen molar-refractivity contribution >= 4 is 31.5 Å². The molecule has 0 saturated heterocycles. The Morgan fingerprint density at radius 3 is 1.10 bits per heavy atom. The van der Waals surface area contributed by atoms with Gasteiger partial charge in [-0.05, 0) is 51.6 Å². The molecule has 9 rings (SSSR count). The Bertz CT molecular complexity index is 2460. The van der Waals surface area contributed by atoms with E-state index in [9.17, 15) is 0 Å². The molecule has 9 aromatic rings. The quantitative estimate of drug-likeness (QED) is 0.181. The lowest BCUT2D eigenvalue weighted by atomic mass is 10.0. The highest BCUT2D eigenvalue weighted by molar-refractivity contribution is 7.25. The van der Waals surface area contributed by atoms with Gasteiger partial charge in [-0.15, -0.1) is 11.3 Å². The van der Waals surface area contributed by atoms with Crippen molar-refractivity contribution in [2.75, 3.05) is 0 Å². The number of thiophene rings is 1. The number of hydrogen-bond acceptors (Lipinski definition) is 4. The molecule has 0 spiro atoms. The molecule has 0 fully saturated rings. The predicted molar refractivity (Wildman–Crippen MR) is 205 cm³/mol. The van der Waals surface area contributed by atoms with Crippen LogP contribution in [0.4, 0.5) is 0 Å². The van der Waals surface area contributed by atoms with Crippen molar-refractivity contribution in [3.05, 3.63) is 176 Å². The maximum Gasteiger partial charge on any atom is 0.164 e. The minimum absolute atomic E-state index is 0.644. The molecule has 0 amide bonds. The standard InChI is InChI=1S/C45H29N3S/c1-3-9-30(10-4-1)32-15-21-35(22-16-32)43-46-44(36-23-17-33(18-24-36)31-11-5-2-6-12-31)48-45(47-43)37-25-19-34(20-26-37)38-27-28-42-40(29-38)39-13-7-8-14-41(39)49-42/h1-29H. The first-order valence-electron chi connectivity index (χ1n) is 16.4. The van der Waals surface area contributed by atoms with Crippen LogP contribution in [0.15, 0.2) is 176 Å². The van der Waals surface area contributed by atoms with Crippen LogP contribution in [0.25, 0.3) is 87.7 Å². The first-order valence-corrected chi connectivity index (χ1v) is 17.2. The van der Waals surface area contributed by atoms with Gasteiger partial charge in [-0.3, -0.25) is 0 Å². The van der Waals surface area contributed by atoms with E-state index in [1.54, 1.807) is 0 Å². The highest BCUT2D eigenvalue weighted by atomic mass is 32.1. The summed E-state index contributed by atoms with van der Waals surface area (Å²) in [6, 6.07) is 61.6. The summed E-state index contributed by atoms with van der Waals surface area (Å²) in [5.41, 5.74) is 9.83. The molecule has 2 heterocycles. The smallest absolute Gasteiger partial charge is 0.164 e. The second-order valence-electron chi connectivity index (χ2n) is 12.1. The van der Waals surface area contributed by atoms with Crippen LogP contribution in [0.5, 0.6) is 0 Å². The van der Waals surface area contributed by atoms with Crippen molar-refractivity contribution in [2.24, 2.45) is 0 Å². The summed E-state index contributed by atoms with van der Waals surface area (Å²) in [6.45, 7) is 0. The Morgan fingerprint density at radius 2 is 0.612 bits per heavy atom. The van der Waals surface area contributed by atoms with E-state index < -0.39 is 0 Å². The molecular formula is C45H29N3S. The summed E-state index contributed by atoms with van der Waals surface area (Å²) in [4.78, 5) is 15.0. The minimum atomic E-state index is 0.644. The molecule has 49 heavy (non-hydrogen) atoms. The topological polar surface area (TPSA) is 38.7 Å². The van der Waals surface area contributed by atoms with Crippen molar-refractivity contribution in [1.29, 1.82) is 0 Å². The van der Waals surface area contributed by atoms with E-state index in [0.29, 0.717) is 17.5 Å². The SMILES string of the molecule is c1ccc(-c2ccc(-c3nc(-c4ccc(-c5ccccc5)cc4)nc(-c4ccc(-c5ccc6sc7ccccc7c6c5)cc4)n3)cc2)cc1. The van der Waals surface area contributed by atoms with Crippen molar-refractivity contribution in [2.45, 2.75) is 0 Å². The molecule has 7 aromatic carbocycles. The average Bonchev–Trinajstić information content (AvgIpc) is 3.57. The fraction of sp³-hybridized carbons (Fsp3) is 0. The van der Waals surface area contributed by atoms with E-state index in [4.69, 9.17) is 15.0 Å². The Morgan fingerprint density at radius 1 is 0.265 bits per heavy atom. The van der Waals surface area contributed by atoms with Crippen LogP contribution in [-0.2, 0) is 0 Å². The molecule has 230 valence electrons. The molecule has 0 unspecified atom stereocenters. The van der Waals surface area contributed by atoms with E-state index in [1.165, 1.54) is 36.9 Å². The highest BCUT2D eigenvalue weighted by Crippen LogP contribution is 2.37. The zero-order valence-corrected chi connectivity index (χ0v) is 27.3. The van der Waals surface area contributed by atoms with Crippen molar-refractivity contribution < 1.29 is 0 Å².